The molecule has 31 heavy (non-hydrogen) atoms. The first-order chi connectivity index (χ1) is 14.8. The van der Waals surface area contributed by atoms with E-state index < -0.39 is 36.7 Å². The van der Waals surface area contributed by atoms with Crippen LogP contribution in [0.1, 0.15) is 37.3 Å². The van der Waals surface area contributed by atoms with Gasteiger partial charge in [0.1, 0.15) is 18.3 Å². The lowest BCUT2D eigenvalue weighted by molar-refractivity contribution is -0.271. The molecule has 1 aromatic carbocycles. The summed E-state index contributed by atoms with van der Waals surface area (Å²) in [5.41, 5.74) is 1.86. The molecule has 1 aliphatic carbocycles. The quantitative estimate of drug-likeness (QED) is 0.438. The van der Waals surface area contributed by atoms with Crippen molar-refractivity contribution in [1.29, 1.82) is 0 Å². The zero-order valence-electron chi connectivity index (χ0n) is 17.6. The van der Waals surface area contributed by atoms with Crippen LogP contribution >= 0.6 is 0 Å². The molecule has 0 aromatic heterocycles. The highest BCUT2D eigenvalue weighted by Crippen LogP contribution is 2.43. The number of hydrogen-bond donors (Lipinski definition) is 5. The number of aliphatic hydroxyl groups excluding tert-OH is 3. The molecule has 1 unspecified atom stereocenters. The number of aliphatic hydroxyl groups is 3. The van der Waals surface area contributed by atoms with E-state index in [-0.39, 0.29) is 11.5 Å². The molecule has 3 aliphatic rings. The van der Waals surface area contributed by atoms with Crippen molar-refractivity contribution in [1.82, 2.24) is 4.90 Å². The van der Waals surface area contributed by atoms with Gasteiger partial charge in [-0.15, -0.1) is 0 Å². The van der Waals surface area contributed by atoms with Gasteiger partial charge in [-0.25, -0.2) is 4.79 Å². The highest BCUT2D eigenvalue weighted by molar-refractivity contribution is 5.73. The number of rotatable bonds is 5. The van der Waals surface area contributed by atoms with Crippen molar-refractivity contribution < 1.29 is 39.8 Å². The third kappa shape index (κ3) is 4.12. The number of carboxylic acids is 1. The minimum atomic E-state index is -1.79. The molecule has 0 saturated carbocycles. The summed E-state index contributed by atoms with van der Waals surface area (Å²) in [6.07, 6.45) is -3.72. The van der Waals surface area contributed by atoms with Gasteiger partial charge in [-0.3, -0.25) is 4.90 Å². The standard InChI is InChI=1S/C22H31NO8/c1-2-7-23-8-3-4-12-9-13-11(10-14(12)23)5-6-15(24)19(13)30-22-18(27)16(25)17(26)20(31-22)21(28)29/h5-6,12,14,16-18,20,22,24-27H,2-4,7-10H2,1H3,(H,28,29)/t12-,14-,16?,17+,18-,20+,22-/m1/s1. The van der Waals surface area contributed by atoms with Gasteiger partial charge >= 0.3 is 5.97 Å². The summed E-state index contributed by atoms with van der Waals surface area (Å²) < 4.78 is 11.0. The molecule has 0 amide bonds. The molecule has 2 aliphatic heterocycles. The van der Waals surface area contributed by atoms with Gasteiger partial charge in [0, 0.05) is 11.6 Å². The maximum absolute atomic E-state index is 11.4. The summed E-state index contributed by atoms with van der Waals surface area (Å²) in [6.45, 7) is 4.32. The van der Waals surface area contributed by atoms with Crippen LogP contribution in [0.4, 0.5) is 0 Å². The van der Waals surface area contributed by atoms with Crippen molar-refractivity contribution in [3.8, 4) is 11.5 Å². The van der Waals surface area contributed by atoms with Gasteiger partial charge in [0.15, 0.2) is 17.6 Å². The topological polar surface area (TPSA) is 140 Å². The van der Waals surface area contributed by atoms with E-state index in [4.69, 9.17) is 9.47 Å². The summed E-state index contributed by atoms with van der Waals surface area (Å²) in [7, 11) is 0. The monoisotopic (exact) mass is 437 g/mol. The molecule has 2 heterocycles. The van der Waals surface area contributed by atoms with Crippen LogP contribution in [0.15, 0.2) is 12.1 Å². The van der Waals surface area contributed by atoms with E-state index in [1.54, 1.807) is 0 Å². The van der Waals surface area contributed by atoms with Crippen LogP contribution in [0.2, 0.25) is 0 Å². The fourth-order valence-electron chi connectivity index (χ4n) is 5.27. The molecule has 7 atom stereocenters. The van der Waals surface area contributed by atoms with Crippen LogP contribution < -0.4 is 4.74 Å². The number of benzene rings is 1. The van der Waals surface area contributed by atoms with Gasteiger partial charge in [-0.2, -0.15) is 0 Å². The summed E-state index contributed by atoms with van der Waals surface area (Å²) >= 11 is 0. The highest BCUT2D eigenvalue weighted by Gasteiger charge is 2.48. The molecule has 9 nitrogen and oxygen atoms in total. The molecule has 172 valence electrons. The number of phenols is 1. The Bertz CT molecular complexity index is 815. The van der Waals surface area contributed by atoms with Crippen molar-refractivity contribution in [2.75, 3.05) is 13.1 Å². The van der Waals surface area contributed by atoms with Gasteiger partial charge in [0.2, 0.25) is 6.29 Å². The van der Waals surface area contributed by atoms with Crippen LogP contribution in [-0.4, -0.2) is 86.2 Å². The van der Waals surface area contributed by atoms with E-state index in [1.165, 1.54) is 6.07 Å². The molecule has 9 heteroatoms. The molecule has 1 aromatic rings. The molecule has 0 spiro atoms. The fraction of sp³-hybridized carbons (Fsp3) is 0.682. The number of fused-ring (bicyclic) bond motifs is 2. The molecule has 0 bridgehead atoms. The molecule has 4 rings (SSSR count). The van der Waals surface area contributed by atoms with Crippen LogP contribution in [0.25, 0.3) is 0 Å². The van der Waals surface area contributed by atoms with Crippen LogP contribution in [0.3, 0.4) is 0 Å². The summed E-state index contributed by atoms with van der Waals surface area (Å²) in [6, 6.07) is 3.84. The Morgan fingerprint density at radius 3 is 2.68 bits per heavy atom. The Morgan fingerprint density at radius 1 is 1.19 bits per heavy atom. The van der Waals surface area contributed by atoms with Gasteiger partial charge < -0.3 is 35.0 Å². The number of phenolic OH excluding ortho intramolecular Hbond substituents is 1. The van der Waals surface area contributed by atoms with Gasteiger partial charge in [0.05, 0.1) is 0 Å². The lowest BCUT2D eigenvalue weighted by atomic mass is 9.75. The second kappa shape index (κ2) is 8.91. The first-order valence-electron chi connectivity index (χ1n) is 11.0. The largest absolute Gasteiger partial charge is 0.504 e. The molecule has 0 radical (unpaired) electrons. The summed E-state index contributed by atoms with van der Waals surface area (Å²) in [5.74, 6) is -1.07. The molecule has 2 fully saturated rings. The van der Waals surface area contributed by atoms with Crippen LogP contribution in [-0.2, 0) is 22.4 Å². The number of aromatic hydroxyl groups is 1. The number of piperidine rings is 1. The van der Waals surface area contributed by atoms with E-state index in [0.717, 1.165) is 49.9 Å². The Balaban J connectivity index is 1.61. The smallest absolute Gasteiger partial charge is 0.335 e. The first kappa shape index (κ1) is 22.3. The molecular weight excluding hydrogens is 406 g/mol. The van der Waals surface area contributed by atoms with E-state index in [9.17, 15) is 30.3 Å². The van der Waals surface area contributed by atoms with E-state index in [0.29, 0.717) is 18.4 Å². The van der Waals surface area contributed by atoms with Crippen LogP contribution in [0, 0.1) is 5.92 Å². The summed E-state index contributed by atoms with van der Waals surface area (Å²) in [5, 5.41) is 50.0. The molecular formula is C22H31NO8. The van der Waals surface area contributed by atoms with Crippen LogP contribution in [0.5, 0.6) is 11.5 Å². The number of likely N-dealkylation sites (tertiary alicyclic amines) is 1. The Morgan fingerprint density at radius 2 is 1.97 bits per heavy atom. The second-order valence-electron chi connectivity index (χ2n) is 8.82. The normalized spacial score (nSPS) is 35.8. The maximum Gasteiger partial charge on any atom is 0.335 e. The minimum Gasteiger partial charge on any atom is -0.504 e. The van der Waals surface area contributed by atoms with Crippen molar-refractivity contribution in [3.63, 3.8) is 0 Å². The maximum atomic E-state index is 11.4. The van der Waals surface area contributed by atoms with E-state index in [1.807, 2.05) is 6.07 Å². The fourth-order valence-corrected chi connectivity index (χ4v) is 5.27. The third-order valence-corrected chi connectivity index (χ3v) is 6.82. The van der Waals surface area contributed by atoms with Crippen molar-refractivity contribution in [3.05, 3.63) is 23.3 Å². The predicted molar refractivity (Wildman–Crippen MR) is 109 cm³/mol. The van der Waals surface area contributed by atoms with Crippen molar-refractivity contribution in [2.45, 2.75) is 75.8 Å². The Kier molecular flexibility index (Phi) is 6.41. The first-order valence-corrected chi connectivity index (χ1v) is 11.0. The van der Waals surface area contributed by atoms with E-state index >= 15 is 0 Å². The zero-order valence-corrected chi connectivity index (χ0v) is 17.6. The van der Waals surface area contributed by atoms with Gasteiger partial charge in [-0.05, 0) is 62.7 Å². The van der Waals surface area contributed by atoms with Crippen molar-refractivity contribution >= 4 is 5.97 Å². The minimum absolute atomic E-state index is 0.137. The lowest BCUT2D eigenvalue weighted by Crippen LogP contribution is -2.61. The zero-order chi connectivity index (χ0) is 22.3. The third-order valence-electron chi connectivity index (χ3n) is 6.82. The second-order valence-corrected chi connectivity index (χ2v) is 8.82. The highest BCUT2D eigenvalue weighted by atomic mass is 16.7. The number of carboxylic acid groups (broad SMARTS) is 1. The summed E-state index contributed by atoms with van der Waals surface area (Å²) in [4.78, 5) is 13.9. The SMILES string of the molecule is CCCN1CCC[C@@H]2Cc3c(ccc(O)c3O[C@@H]3O[C@H](C(=O)O)[C@@H](O)C(O)[C@H]3O)C[C@H]21. The lowest BCUT2D eigenvalue weighted by Gasteiger charge is -2.45. The average Bonchev–Trinajstić information content (AvgIpc) is 2.75. The number of ether oxygens (including phenoxy) is 2. The number of aliphatic carboxylic acids is 1. The molecule has 2 saturated heterocycles. The van der Waals surface area contributed by atoms with Gasteiger partial charge in [0.25, 0.3) is 0 Å². The molecule has 5 N–H and O–H groups in total. The Labute approximate surface area is 180 Å². The van der Waals surface area contributed by atoms with E-state index in [2.05, 4.69) is 11.8 Å². The number of nitrogens with zero attached hydrogens (tertiary/aromatic N) is 1. The van der Waals surface area contributed by atoms with Crippen molar-refractivity contribution in [2.24, 2.45) is 5.92 Å². The predicted octanol–water partition coefficient (Wildman–Crippen LogP) is 0.252. The van der Waals surface area contributed by atoms with Gasteiger partial charge in [-0.1, -0.05) is 13.0 Å². The number of carbonyl (C=O) groups is 1. The average molecular weight is 437 g/mol. The number of hydrogen-bond acceptors (Lipinski definition) is 8. The Hall–Kier alpha value is -1.91.